The van der Waals surface area contributed by atoms with Crippen molar-refractivity contribution in [1.82, 2.24) is 10.6 Å². The molecule has 2 N–H and O–H groups in total. The second-order valence-corrected chi connectivity index (χ2v) is 6.39. The number of methoxy groups -OCH3 is 1. The van der Waals surface area contributed by atoms with E-state index in [0.29, 0.717) is 12.5 Å². The summed E-state index contributed by atoms with van der Waals surface area (Å²) in [6.45, 7) is 6.21. The molecule has 1 saturated heterocycles. The lowest BCUT2D eigenvalue weighted by atomic mass is 10.0. The number of nitrogens with one attached hydrogen (secondary N) is 2. The Morgan fingerprint density at radius 1 is 1.22 bits per heavy atom. The Labute approximate surface area is 179 Å². The van der Waals surface area contributed by atoms with Crippen LogP contribution in [0, 0.1) is 5.92 Å². The topological polar surface area (TPSA) is 77.2 Å². The van der Waals surface area contributed by atoms with E-state index in [2.05, 4.69) is 15.6 Å². The molecule has 1 aliphatic heterocycles. The normalized spacial score (nSPS) is 15.4. The Morgan fingerprint density at radius 3 is 2.78 bits per heavy atom. The summed E-state index contributed by atoms with van der Waals surface area (Å²) in [7, 11) is 1.69. The van der Waals surface area contributed by atoms with Crippen LogP contribution in [0.5, 0.6) is 0 Å². The highest BCUT2D eigenvalue weighted by Gasteiger charge is 2.13. The molecular weight excluding hydrogens is 461 g/mol. The first-order chi connectivity index (χ1) is 12.9. The van der Waals surface area contributed by atoms with Crippen LogP contribution >= 0.6 is 24.0 Å². The van der Waals surface area contributed by atoms with Crippen LogP contribution in [0.15, 0.2) is 27.8 Å². The first-order valence-corrected chi connectivity index (χ1v) is 9.57. The van der Waals surface area contributed by atoms with Gasteiger partial charge in [-0.1, -0.05) is 0 Å². The minimum atomic E-state index is 0. The van der Waals surface area contributed by atoms with E-state index in [4.69, 9.17) is 18.6 Å². The highest BCUT2D eigenvalue weighted by Crippen LogP contribution is 2.14. The van der Waals surface area contributed by atoms with Gasteiger partial charge in [-0.2, -0.15) is 0 Å². The maximum absolute atomic E-state index is 5.79. The lowest BCUT2D eigenvalue weighted by Gasteiger charge is -2.21. The number of halogens is 1. The van der Waals surface area contributed by atoms with Crippen molar-refractivity contribution in [2.75, 3.05) is 59.8 Å². The summed E-state index contributed by atoms with van der Waals surface area (Å²) in [6.07, 6.45) is 5.67. The van der Waals surface area contributed by atoms with Gasteiger partial charge in [0.2, 0.25) is 0 Å². The second-order valence-electron chi connectivity index (χ2n) is 6.39. The number of ether oxygens (including phenoxy) is 3. The number of aliphatic imine (C=N–C) groups is 1. The Hall–Kier alpha value is -0.840. The van der Waals surface area contributed by atoms with Gasteiger partial charge in [0.25, 0.3) is 0 Å². The summed E-state index contributed by atoms with van der Waals surface area (Å²) >= 11 is 0. The Morgan fingerprint density at radius 2 is 2.04 bits per heavy atom. The summed E-state index contributed by atoms with van der Waals surface area (Å²) in [5.41, 5.74) is 0. The number of guanidine groups is 1. The third kappa shape index (κ3) is 11.6. The molecule has 0 aromatic carbocycles. The molecule has 27 heavy (non-hydrogen) atoms. The van der Waals surface area contributed by atoms with Gasteiger partial charge in [-0.05, 0) is 37.3 Å². The summed E-state index contributed by atoms with van der Waals surface area (Å²) in [4.78, 5) is 4.61. The van der Waals surface area contributed by atoms with Crippen LogP contribution in [0.25, 0.3) is 0 Å². The maximum Gasteiger partial charge on any atom is 0.191 e. The molecule has 0 atom stereocenters. The van der Waals surface area contributed by atoms with E-state index in [0.717, 1.165) is 83.5 Å². The van der Waals surface area contributed by atoms with E-state index < -0.39 is 0 Å². The van der Waals surface area contributed by atoms with Crippen molar-refractivity contribution in [3.8, 4) is 0 Å². The van der Waals surface area contributed by atoms with Gasteiger partial charge >= 0.3 is 0 Å². The Balaban J connectivity index is 0.00000364. The van der Waals surface area contributed by atoms with Crippen molar-refractivity contribution in [3.05, 3.63) is 24.2 Å². The quantitative estimate of drug-likeness (QED) is 0.201. The van der Waals surface area contributed by atoms with Gasteiger partial charge in [0.05, 0.1) is 12.9 Å². The molecule has 0 aliphatic carbocycles. The van der Waals surface area contributed by atoms with Crippen molar-refractivity contribution in [1.29, 1.82) is 0 Å². The van der Waals surface area contributed by atoms with Crippen molar-refractivity contribution in [3.63, 3.8) is 0 Å². The first-order valence-electron chi connectivity index (χ1n) is 9.57. The van der Waals surface area contributed by atoms with E-state index in [1.165, 1.54) is 0 Å². The molecule has 8 heteroatoms. The molecule has 1 aromatic rings. The SMILES string of the molecule is COCCNC(=NCCCOCC1CCOCC1)NCCc1ccco1.I. The van der Waals surface area contributed by atoms with E-state index in [9.17, 15) is 0 Å². The summed E-state index contributed by atoms with van der Waals surface area (Å²) in [5.74, 6) is 2.43. The van der Waals surface area contributed by atoms with Gasteiger partial charge in [-0.3, -0.25) is 4.99 Å². The molecule has 2 heterocycles. The van der Waals surface area contributed by atoms with Crippen LogP contribution in [-0.4, -0.2) is 65.7 Å². The van der Waals surface area contributed by atoms with E-state index in [-0.39, 0.29) is 24.0 Å². The van der Waals surface area contributed by atoms with Gasteiger partial charge in [0.15, 0.2) is 5.96 Å². The summed E-state index contributed by atoms with van der Waals surface area (Å²) < 4.78 is 21.6. The molecule has 1 aromatic heterocycles. The molecule has 2 rings (SSSR count). The standard InChI is InChI=1S/C19H33N3O4.HI/c1-23-15-10-22-19(21-9-5-18-4-2-12-26-18)20-8-3-11-25-16-17-6-13-24-14-7-17;/h2,4,12,17H,3,5-11,13-16H2,1H3,(H2,20,21,22);1H. The van der Waals surface area contributed by atoms with Crippen molar-refractivity contribution >= 4 is 29.9 Å². The highest BCUT2D eigenvalue weighted by molar-refractivity contribution is 14.0. The maximum atomic E-state index is 5.79. The molecule has 0 radical (unpaired) electrons. The smallest absolute Gasteiger partial charge is 0.191 e. The first kappa shape index (κ1) is 24.2. The van der Waals surface area contributed by atoms with Crippen molar-refractivity contribution in [2.24, 2.45) is 10.9 Å². The third-order valence-electron chi connectivity index (χ3n) is 4.25. The van der Waals surface area contributed by atoms with Crippen LogP contribution in [-0.2, 0) is 20.6 Å². The molecule has 0 saturated carbocycles. The fourth-order valence-electron chi connectivity index (χ4n) is 2.73. The molecule has 0 unspecified atom stereocenters. The van der Waals surface area contributed by atoms with Gasteiger partial charge in [0.1, 0.15) is 5.76 Å². The number of furan rings is 1. The molecular formula is C19H34IN3O4. The molecule has 1 aliphatic rings. The van der Waals surface area contributed by atoms with Gasteiger partial charge in [-0.15, -0.1) is 24.0 Å². The second kappa shape index (κ2) is 16.1. The lowest BCUT2D eigenvalue weighted by molar-refractivity contribution is 0.0205. The van der Waals surface area contributed by atoms with E-state index >= 15 is 0 Å². The summed E-state index contributed by atoms with van der Waals surface area (Å²) in [5, 5.41) is 6.60. The van der Waals surface area contributed by atoms with Crippen LogP contribution in [0.1, 0.15) is 25.0 Å². The fourth-order valence-corrected chi connectivity index (χ4v) is 2.73. The Bertz CT molecular complexity index is 479. The summed E-state index contributed by atoms with van der Waals surface area (Å²) in [6, 6.07) is 3.88. The molecule has 7 nitrogen and oxygen atoms in total. The lowest BCUT2D eigenvalue weighted by Crippen LogP contribution is -2.40. The zero-order chi connectivity index (χ0) is 18.3. The monoisotopic (exact) mass is 495 g/mol. The average Bonchev–Trinajstić information content (AvgIpc) is 3.18. The van der Waals surface area contributed by atoms with Crippen LogP contribution in [0.2, 0.25) is 0 Å². The molecule has 1 fully saturated rings. The molecule has 0 amide bonds. The van der Waals surface area contributed by atoms with Crippen LogP contribution in [0.3, 0.4) is 0 Å². The van der Waals surface area contributed by atoms with Crippen molar-refractivity contribution in [2.45, 2.75) is 25.7 Å². The zero-order valence-electron chi connectivity index (χ0n) is 16.3. The highest BCUT2D eigenvalue weighted by atomic mass is 127. The fraction of sp³-hybridized carbons (Fsp3) is 0.737. The van der Waals surface area contributed by atoms with Crippen LogP contribution in [0.4, 0.5) is 0 Å². The Kier molecular flexibility index (Phi) is 14.5. The molecule has 0 bridgehead atoms. The minimum absolute atomic E-state index is 0. The zero-order valence-corrected chi connectivity index (χ0v) is 18.6. The number of hydrogen-bond donors (Lipinski definition) is 2. The third-order valence-corrected chi connectivity index (χ3v) is 4.25. The van der Waals surface area contributed by atoms with E-state index in [1.54, 1.807) is 13.4 Å². The average molecular weight is 495 g/mol. The molecule has 0 spiro atoms. The number of rotatable bonds is 12. The minimum Gasteiger partial charge on any atom is -0.469 e. The van der Waals surface area contributed by atoms with Gasteiger partial charge in [0, 0.05) is 59.6 Å². The number of hydrogen-bond acceptors (Lipinski definition) is 5. The predicted octanol–water partition coefficient (Wildman–Crippen LogP) is 2.46. The molecule has 156 valence electrons. The van der Waals surface area contributed by atoms with Gasteiger partial charge in [-0.25, -0.2) is 0 Å². The largest absolute Gasteiger partial charge is 0.469 e. The number of nitrogens with zero attached hydrogens (tertiary/aromatic N) is 1. The van der Waals surface area contributed by atoms with Gasteiger partial charge < -0.3 is 29.3 Å². The van der Waals surface area contributed by atoms with Crippen molar-refractivity contribution < 1.29 is 18.6 Å². The predicted molar refractivity (Wildman–Crippen MR) is 117 cm³/mol. The van der Waals surface area contributed by atoms with Crippen LogP contribution < -0.4 is 10.6 Å². The van der Waals surface area contributed by atoms with E-state index in [1.807, 2.05) is 12.1 Å².